The zero-order valence-corrected chi connectivity index (χ0v) is 23.4. The van der Waals surface area contributed by atoms with Crippen LogP contribution in [0.2, 0.25) is 5.02 Å². The molecule has 5 rings (SSSR count). The van der Waals surface area contributed by atoms with Crippen LogP contribution in [0, 0.1) is 0 Å². The molecule has 2 saturated carbocycles. The lowest BCUT2D eigenvalue weighted by Crippen LogP contribution is -2.59. The van der Waals surface area contributed by atoms with Gasteiger partial charge in [0.2, 0.25) is 0 Å². The average molecular weight is 601 g/mol. The Morgan fingerprint density at radius 1 is 1.07 bits per heavy atom. The summed E-state index contributed by atoms with van der Waals surface area (Å²) >= 11 is 6.24. The Balaban J connectivity index is 1.29. The molecule has 0 atom stereocenters. The number of rotatable bonds is 7. The first-order valence-electron chi connectivity index (χ1n) is 13.5. The zero-order chi connectivity index (χ0) is 28.8. The number of anilines is 1. The van der Waals surface area contributed by atoms with Gasteiger partial charge in [-0.25, -0.2) is 9.71 Å². The van der Waals surface area contributed by atoms with Crippen LogP contribution in [-0.4, -0.2) is 49.7 Å². The molecule has 3 aliphatic rings. The third-order valence-electron chi connectivity index (χ3n) is 8.20. The van der Waals surface area contributed by atoms with E-state index in [0.29, 0.717) is 23.6 Å². The number of alkyl halides is 3. The van der Waals surface area contributed by atoms with Crippen LogP contribution < -0.4 is 20.1 Å². The second kappa shape index (κ2) is 10.7. The average Bonchev–Trinajstić information content (AvgIpc) is 3.70. The number of amides is 1. The fourth-order valence-corrected chi connectivity index (χ4v) is 6.63. The van der Waals surface area contributed by atoms with Crippen molar-refractivity contribution in [2.75, 3.05) is 18.0 Å². The summed E-state index contributed by atoms with van der Waals surface area (Å²) in [6.07, 6.45) is 0.851. The fraction of sp³-hybridized carbons (Fsp3) is 0.556. The second-order valence-electron chi connectivity index (χ2n) is 11.0. The van der Waals surface area contributed by atoms with Gasteiger partial charge in [0.25, 0.3) is 15.9 Å². The van der Waals surface area contributed by atoms with E-state index in [2.05, 4.69) is 9.71 Å². The highest BCUT2D eigenvalue weighted by Gasteiger charge is 2.55. The first-order valence-corrected chi connectivity index (χ1v) is 15.3. The van der Waals surface area contributed by atoms with Crippen molar-refractivity contribution < 1.29 is 31.1 Å². The molecule has 8 nitrogen and oxygen atoms in total. The quantitative estimate of drug-likeness (QED) is 0.457. The number of pyridine rings is 1. The van der Waals surface area contributed by atoms with Gasteiger partial charge in [0.15, 0.2) is 10.6 Å². The van der Waals surface area contributed by atoms with Crippen LogP contribution in [0.4, 0.5) is 19.0 Å². The van der Waals surface area contributed by atoms with Crippen LogP contribution in [-0.2, 0) is 14.8 Å². The Morgan fingerprint density at radius 3 is 2.38 bits per heavy atom. The maximum atomic E-state index is 13.3. The van der Waals surface area contributed by atoms with E-state index in [1.54, 1.807) is 17.0 Å². The Bertz CT molecular complexity index is 1370. The van der Waals surface area contributed by atoms with E-state index >= 15 is 0 Å². The molecule has 0 bridgehead atoms. The standard InChI is InChI=1S/C27H32ClF3N4O4S/c28-19-9-10-20(18-5-2-1-3-6-18)21(17-19)39-25(11-12-25)24(36)34-40(37,38)23-8-4-7-22(33-23)35-15-13-26(32,14-16-35)27(29,30)31/h4,7-10,17-18H,1-3,5-6,11-16,32H2,(H,34,36). The van der Waals surface area contributed by atoms with Crippen LogP contribution in [0.1, 0.15) is 69.3 Å². The van der Waals surface area contributed by atoms with Crippen LogP contribution >= 0.6 is 11.6 Å². The molecule has 0 spiro atoms. The lowest BCUT2D eigenvalue weighted by Gasteiger charge is -2.40. The summed E-state index contributed by atoms with van der Waals surface area (Å²) in [5, 5.41) is 0.0411. The molecule has 218 valence electrons. The number of aromatic nitrogens is 1. The predicted molar refractivity (Wildman–Crippen MR) is 144 cm³/mol. The van der Waals surface area contributed by atoms with Gasteiger partial charge >= 0.3 is 6.18 Å². The minimum atomic E-state index is -4.54. The van der Waals surface area contributed by atoms with Gasteiger partial charge in [0.05, 0.1) is 0 Å². The van der Waals surface area contributed by atoms with Gasteiger partial charge < -0.3 is 15.4 Å². The van der Waals surface area contributed by atoms with E-state index in [1.165, 1.54) is 24.6 Å². The smallest absolute Gasteiger partial charge is 0.406 e. The van der Waals surface area contributed by atoms with Crippen molar-refractivity contribution in [3.05, 3.63) is 47.0 Å². The summed E-state index contributed by atoms with van der Waals surface area (Å²) in [6.45, 7) is -0.0857. The normalized spacial score (nSPS) is 21.1. The number of halogens is 4. The number of carbonyl (C=O) groups is 1. The van der Waals surface area contributed by atoms with Gasteiger partial charge in [-0.1, -0.05) is 43.0 Å². The van der Waals surface area contributed by atoms with Gasteiger partial charge in [-0.2, -0.15) is 21.6 Å². The van der Waals surface area contributed by atoms with Gasteiger partial charge in [0.1, 0.15) is 17.1 Å². The highest BCUT2D eigenvalue weighted by molar-refractivity contribution is 7.90. The molecule has 2 aliphatic carbocycles. The van der Waals surface area contributed by atoms with Gasteiger partial charge in [-0.3, -0.25) is 4.79 Å². The molecule has 1 aliphatic heterocycles. The third-order valence-corrected chi connectivity index (χ3v) is 9.67. The number of ether oxygens (including phenoxy) is 1. The number of piperidine rings is 1. The Labute approximate surface area is 236 Å². The molecule has 1 amide bonds. The van der Waals surface area contributed by atoms with Crippen molar-refractivity contribution in [3.8, 4) is 5.75 Å². The fourth-order valence-electron chi connectivity index (χ4n) is 5.46. The van der Waals surface area contributed by atoms with Crippen molar-refractivity contribution in [3.63, 3.8) is 0 Å². The topological polar surface area (TPSA) is 115 Å². The van der Waals surface area contributed by atoms with Gasteiger partial charge in [-0.15, -0.1) is 0 Å². The Kier molecular flexibility index (Phi) is 7.73. The number of hydrogen-bond donors (Lipinski definition) is 2. The highest BCUT2D eigenvalue weighted by Crippen LogP contribution is 2.45. The molecule has 1 aromatic carbocycles. The molecule has 13 heteroatoms. The van der Waals surface area contributed by atoms with Crippen molar-refractivity contribution in [2.45, 2.75) is 86.0 Å². The number of benzene rings is 1. The van der Waals surface area contributed by atoms with Gasteiger partial charge in [0, 0.05) is 31.0 Å². The first kappa shape index (κ1) is 28.9. The molecule has 1 aromatic heterocycles. The minimum Gasteiger partial charge on any atom is -0.477 e. The minimum absolute atomic E-state index is 0.0429. The molecular formula is C27H32ClF3N4O4S. The molecule has 3 fully saturated rings. The summed E-state index contributed by atoms with van der Waals surface area (Å²) in [6, 6.07) is 9.55. The highest BCUT2D eigenvalue weighted by atomic mass is 35.5. The molecule has 2 aromatic rings. The second-order valence-corrected chi connectivity index (χ2v) is 13.1. The largest absolute Gasteiger partial charge is 0.477 e. The number of nitrogens with two attached hydrogens (primary N) is 1. The number of nitrogens with zero attached hydrogens (tertiary/aromatic N) is 2. The van der Waals surface area contributed by atoms with Crippen molar-refractivity contribution in [1.29, 1.82) is 0 Å². The van der Waals surface area contributed by atoms with E-state index < -0.39 is 38.3 Å². The maximum Gasteiger partial charge on any atom is 0.406 e. The SMILES string of the molecule is NC1(C(F)(F)F)CCN(c2cccc(S(=O)(=O)NC(=O)C3(Oc4cc(Cl)ccc4C4CCCCC4)CC3)n2)CC1. The van der Waals surface area contributed by atoms with E-state index in [4.69, 9.17) is 22.1 Å². The number of carbonyl (C=O) groups excluding carboxylic acids is 1. The first-order chi connectivity index (χ1) is 18.8. The van der Waals surface area contributed by atoms with Crippen LogP contribution in [0.3, 0.4) is 0 Å². The summed E-state index contributed by atoms with van der Waals surface area (Å²) in [5.74, 6) is 0.161. The summed E-state index contributed by atoms with van der Waals surface area (Å²) in [7, 11) is -4.39. The molecule has 2 heterocycles. The van der Waals surface area contributed by atoms with Crippen molar-refractivity contribution in [2.24, 2.45) is 5.73 Å². The summed E-state index contributed by atoms with van der Waals surface area (Å²) in [4.78, 5) is 18.9. The summed E-state index contributed by atoms with van der Waals surface area (Å²) < 4.78 is 74.4. The number of hydrogen-bond acceptors (Lipinski definition) is 7. The molecule has 0 radical (unpaired) electrons. The zero-order valence-electron chi connectivity index (χ0n) is 21.8. The van der Waals surface area contributed by atoms with Gasteiger partial charge in [-0.05, 0) is 61.4 Å². The number of sulfonamides is 1. The lowest BCUT2D eigenvalue weighted by molar-refractivity contribution is -0.191. The number of nitrogens with one attached hydrogen (secondary N) is 1. The van der Waals surface area contributed by atoms with E-state index in [-0.39, 0.29) is 37.7 Å². The van der Waals surface area contributed by atoms with Crippen LogP contribution in [0.5, 0.6) is 5.75 Å². The lowest BCUT2D eigenvalue weighted by atomic mass is 9.83. The third kappa shape index (κ3) is 5.89. The maximum absolute atomic E-state index is 13.3. The molecule has 3 N–H and O–H groups in total. The van der Waals surface area contributed by atoms with E-state index in [9.17, 15) is 26.4 Å². The molecule has 1 saturated heterocycles. The Morgan fingerprint density at radius 2 is 1.75 bits per heavy atom. The van der Waals surface area contributed by atoms with E-state index in [1.807, 2.05) is 6.07 Å². The van der Waals surface area contributed by atoms with Crippen LogP contribution in [0.25, 0.3) is 0 Å². The molecule has 0 unspecified atom stereocenters. The monoisotopic (exact) mass is 600 g/mol. The Hall–Kier alpha value is -2.57. The van der Waals surface area contributed by atoms with Crippen LogP contribution in [0.15, 0.2) is 41.4 Å². The van der Waals surface area contributed by atoms with Crippen molar-refractivity contribution in [1.82, 2.24) is 9.71 Å². The molecular weight excluding hydrogens is 569 g/mol. The predicted octanol–water partition coefficient (Wildman–Crippen LogP) is 5.06. The molecule has 40 heavy (non-hydrogen) atoms. The summed E-state index contributed by atoms with van der Waals surface area (Å²) in [5.41, 5.74) is 2.89. The van der Waals surface area contributed by atoms with E-state index in [0.717, 1.165) is 31.2 Å². The van der Waals surface area contributed by atoms with Crippen molar-refractivity contribution >= 4 is 33.3 Å².